The fourth-order valence-corrected chi connectivity index (χ4v) is 4.18. The Morgan fingerprint density at radius 2 is 1.89 bits per heavy atom. The van der Waals surface area contributed by atoms with E-state index in [1.165, 1.54) is 5.56 Å². The van der Waals surface area contributed by atoms with Crippen molar-refractivity contribution in [3.8, 4) is 0 Å². The summed E-state index contributed by atoms with van der Waals surface area (Å²) in [5.74, 6) is -1.14. The second-order valence-electron chi connectivity index (χ2n) is 6.60. The van der Waals surface area contributed by atoms with E-state index in [0.717, 1.165) is 24.0 Å². The van der Waals surface area contributed by atoms with Gasteiger partial charge in [-0.3, -0.25) is 13.8 Å². The summed E-state index contributed by atoms with van der Waals surface area (Å²) in [7, 11) is -1.58. The summed E-state index contributed by atoms with van der Waals surface area (Å²) < 4.78 is 12.2. The average molecular weight is 405 g/mol. The molecule has 2 atom stereocenters. The molecular weight excluding hydrogens is 384 g/mol. The first-order valence-electron chi connectivity index (χ1n) is 8.70. The Bertz CT molecular complexity index is 901. The van der Waals surface area contributed by atoms with Crippen LogP contribution in [0.3, 0.4) is 0 Å². The van der Waals surface area contributed by atoms with Gasteiger partial charge in [-0.2, -0.15) is 0 Å². The highest BCUT2D eigenvalue weighted by molar-refractivity contribution is 7.86. The molecule has 0 aliphatic heterocycles. The van der Waals surface area contributed by atoms with Crippen molar-refractivity contribution in [2.24, 2.45) is 0 Å². The van der Waals surface area contributed by atoms with Crippen LogP contribution in [0.1, 0.15) is 29.2 Å². The summed E-state index contributed by atoms with van der Waals surface area (Å²) in [6, 6.07) is 13.1. The molecule has 0 aromatic heterocycles. The fourth-order valence-electron chi connectivity index (χ4n) is 3.15. The Labute approximate surface area is 166 Å². The van der Waals surface area contributed by atoms with Crippen molar-refractivity contribution in [3.05, 3.63) is 64.2 Å². The number of benzene rings is 2. The molecule has 3 rings (SSSR count). The highest BCUT2D eigenvalue weighted by Gasteiger charge is 2.24. The molecule has 0 spiro atoms. The molecule has 142 valence electrons. The van der Waals surface area contributed by atoms with Gasteiger partial charge in [0.25, 0.3) is 0 Å². The van der Waals surface area contributed by atoms with Gasteiger partial charge < -0.3 is 10.6 Å². The van der Waals surface area contributed by atoms with E-state index in [-0.39, 0.29) is 23.5 Å². The molecule has 0 fully saturated rings. The molecule has 0 saturated heterocycles. The number of anilines is 1. The minimum Gasteiger partial charge on any atom is -0.348 e. The smallest absolute Gasteiger partial charge is 0.237 e. The first-order valence-corrected chi connectivity index (χ1v) is 10.6. The maximum Gasteiger partial charge on any atom is 0.237 e. The molecule has 2 N–H and O–H groups in total. The zero-order valence-electron chi connectivity index (χ0n) is 15.0. The molecule has 2 amide bonds. The molecule has 0 saturated carbocycles. The average Bonchev–Trinajstić information content (AvgIpc) is 3.01. The summed E-state index contributed by atoms with van der Waals surface area (Å²) in [4.78, 5) is 24.2. The molecule has 1 aliphatic carbocycles. The van der Waals surface area contributed by atoms with Crippen LogP contribution in [0.2, 0.25) is 5.02 Å². The van der Waals surface area contributed by atoms with Crippen LogP contribution in [0.25, 0.3) is 0 Å². The van der Waals surface area contributed by atoms with Crippen molar-refractivity contribution in [2.45, 2.75) is 25.8 Å². The summed E-state index contributed by atoms with van der Waals surface area (Å²) in [6.45, 7) is 1.87. The standard InChI is InChI=1S/C20H21ClN2O3S/c1-13-6-8-15(10-17(13)21)22-19(24)11-27(26)12-20(25)23-18-9-7-14-4-2-3-5-16(14)18/h2-6,8,10,18H,7,9,11-12H2,1H3,(H,22,24)(H,23,25)/t18-,27+/m0/s1. The quantitative estimate of drug-likeness (QED) is 0.776. The predicted octanol–water partition coefficient (Wildman–Crippen LogP) is 3.14. The molecule has 0 radical (unpaired) electrons. The number of amides is 2. The lowest BCUT2D eigenvalue weighted by atomic mass is 10.1. The second kappa shape index (κ2) is 8.67. The van der Waals surface area contributed by atoms with Crippen molar-refractivity contribution in [1.29, 1.82) is 0 Å². The Balaban J connectivity index is 1.48. The number of carbonyl (C=O) groups excluding carboxylic acids is 2. The molecule has 5 nitrogen and oxygen atoms in total. The molecule has 2 aromatic rings. The number of aryl methyl sites for hydroxylation is 2. The van der Waals surface area contributed by atoms with Gasteiger partial charge in [0.1, 0.15) is 11.5 Å². The van der Waals surface area contributed by atoms with Crippen molar-refractivity contribution in [1.82, 2.24) is 5.32 Å². The molecule has 0 bridgehead atoms. The number of carbonyl (C=O) groups is 2. The maximum atomic E-state index is 12.2. The highest BCUT2D eigenvalue weighted by Crippen LogP contribution is 2.30. The Morgan fingerprint density at radius 1 is 1.15 bits per heavy atom. The van der Waals surface area contributed by atoms with Gasteiger partial charge in [0.15, 0.2) is 0 Å². The zero-order chi connectivity index (χ0) is 19.4. The molecular formula is C20H21ClN2O3S. The molecule has 7 heteroatoms. The van der Waals surface area contributed by atoms with Crippen LogP contribution < -0.4 is 10.6 Å². The number of fused-ring (bicyclic) bond motifs is 1. The normalized spacial score (nSPS) is 16.4. The minimum absolute atomic E-state index is 0.0470. The van der Waals surface area contributed by atoms with E-state index in [9.17, 15) is 13.8 Å². The van der Waals surface area contributed by atoms with E-state index in [1.807, 2.05) is 25.1 Å². The van der Waals surface area contributed by atoms with E-state index in [4.69, 9.17) is 11.6 Å². The first kappa shape index (κ1) is 19.6. The largest absolute Gasteiger partial charge is 0.348 e. The van der Waals surface area contributed by atoms with Gasteiger partial charge in [-0.25, -0.2) is 0 Å². The molecule has 27 heavy (non-hydrogen) atoms. The third-order valence-corrected chi connectivity index (χ3v) is 6.08. The number of hydrogen-bond acceptors (Lipinski definition) is 3. The number of hydrogen-bond donors (Lipinski definition) is 2. The summed E-state index contributed by atoms with van der Waals surface area (Å²) in [5, 5.41) is 6.12. The first-order chi connectivity index (χ1) is 12.9. The lowest BCUT2D eigenvalue weighted by Gasteiger charge is -2.14. The van der Waals surface area contributed by atoms with Crippen LogP contribution in [0.5, 0.6) is 0 Å². The number of nitrogens with one attached hydrogen (secondary N) is 2. The minimum atomic E-state index is -1.58. The molecule has 1 aliphatic rings. The van der Waals surface area contributed by atoms with Gasteiger partial charge in [0, 0.05) is 21.5 Å². The van der Waals surface area contributed by atoms with Crippen molar-refractivity contribution >= 4 is 39.9 Å². The van der Waals surface area contributed by atoms with Gasteiger partial charge in [-0.05, 0) is 48.6 Å². The van der Waals surface area contributed by atoms with Gasteiger partial charge in [-0.15, -0.1) is 0 Å². The zero-order valence-corrected chi connectivity index (χ0v) is 16.5. The SMILES string of the molecule is Cc1ccc(NC(=O)C[S@@](=O)CC(=O)N[C@H]2CCc3ccccc32)cc1Cl. The van der Waals surface area contributed by atoms with Crippen LogP contribution in [-0.2, 0) is 26.8 Å². The van der Waals surface area contributed by atoms with Crippen LogP contribution in [0, 0.1) is 6.92 Å². The topological polar surface area (TPSA) is 75.3 Å². The van der Waals surface area contributed by atoms with Gasteiger partial charge in [0.05, 0.1) is 6.04 Å². The predicted molar refractivity (Wildman–Crippen MR) is 108 cm³/mol. The Morgan fingerprint density at radius 3 is 2.67 bits per heavy atom. The lowest BCUT2D eigenvalue weighted by molar-refractivity contribution is -0.119. The van der Waals surface area contributed by atoms with Crippen molar-refractivity contribution < 1.29 is 13.8 Å². The van der Waals surface area contributed by atoms with E-state index >= 15 is 0 Å². The van der Waals surface area contributed by atoms with Crippen LogP contribution in [-0.4, -0.2) is 27.5 Å². The van der Waals surface area contributed by atoms with Crippen LogP contribution in [0.4, 0.5) is 5.69 Å². The monoisotopic (exact) mass is 404 g/mol. The Kier molecular flexibility index (Phi) is 6.29. The molecule has 2 aromatic carbocycles. The Hall–Kier alpha value is -2.18. The summed E-state index contributed by atoms with van der Waals surface area (Å²) >= 11 is 6.02. The van der Waals surface area contributed by atoms with Crippen molar-refractivity contribution in [3.63, 3.8) is 0 Å². The van der Waals surface area contributed by atoms with Crippen LogP contribution in [0.15, 0.2) is 42.5 Å². The van der Waals surface area contributed by atoms with Crippen molar-refractivity contribution in [2.75, 3.05) is 16.8 Å². The third-order valence-electron chi connectivity index (χ3n) is 4.51. The van der Waals surface area contributed by atoms with E-state index in [2.05, 4.69) is 16.7 Å². The van der Waals surface area contributed by atoms with E-state index in [1.54, 1.807) is 18.2 Å². The summed E-state index contributed by atoms with van der Waals surface area (Å²) in [5.41, 5.74) is 3.80. The molecule has 0 unspecified atom stereocenters. The van der Waals surface area contributed by atoms with Gasteiger partial charge in [0.2, 0.25) is 11.8 Å². The number of halogens is 1. The van der Waals surface area contributed by atoms with E-state index in [0.29, 0.717) is 10.7 Å². The summed E-state index contributed by atoms with van der Waals surface area (Å²) in [6.07, 6.45) is 1.76. The van der Waals surface area contributed by atoms with Crippen LogP contribution >= 0.6 is 11.6 Å². The number of rotatable bonds is 6. The van der Waals surface area contributed by atoms with Gasteiger partial charge in [-0.1, -0.05) is 41.9 Å². The maximum absolute atomic E-state index is 12.2. The van der Waals surface area contributed by atoms with Gasteiger partial charge >= 0.3 is 0 Å². The van der Waals surface area contributed by atoms with E-state index < -0.39 is 16.7 Å². The lowest BCUT2D eigenvalue weighted by Crippen LogP contribution is -2.33. The highest BCUT2D eigenvalue weighted by atomic mass is 35.5. The molecule has 0 heterocycles. The second-order valence-corrected chi connectivity index (χ2v) is 8.46. The fraction of sp³-hybridized carbons (Fsp3) is 0.300. The third kappa shape index (κ3) is 5.17.